The van der Waals surface area contributed by atoms with Crippen LogP contribution >= 0.6 is 15.6 Å². The fourth-order valence-electron chi connectivity index (χ4n) is 5.81. The number of phosphoric ester groups is 2. The van der Waals surface area contributed by atoms with Crippen molar-refractivity contribution in [1.82, 2.24) is 19.5 Å². The molecule has 2 aliphatic heterocycles. The Labute approximate surface area is 291 Å². The van der Waals surface area contributed by atoms with Gasteiger partial charge in [0.05, 0.1) is 12.9 Å². The third kappa shape index (κ3) is 9.85. The van der Waals surface area contributed by atoms with E-state index in [1.54, 1.807) is 13.8 Å². The van der Waals surface area contributed by atoms with Crippen molar-refractivity contribution in [3.05, 3.63) is 12.7 Å². The second kappa shape index (κ2) is 16.7. The van der Waals surface area contributed by atoms with E-state index in [9.17, 15) is 33.3 Å². The molecule has 5 unspecified atom stereocenters. The van der Waals surface area contributed by atoms with Crippen molar-refractivity contribution in [3.8, 4) is 0 Å². The molecular weight excluding hydrogens is 728 g/mol. The number of carbonyl (C=O) groups is 3. The summed E-state index contributed by atoms with van der Waals surface area (Å²) in [5.41, 5.74) is 6.48. The Hall–Kier alpha value is -3.14. The molecule has 0 aliphatic carbocycles. The van der Waals surface area contributed by atoms with Crippen molar-refractivity contribution in [2.75, 3.05) is 33.2 Å². The lowest BCUT2D eigenvalue weighted by Crippen LogP contribution is -2.56. The normalized spacial score (nSPS) is 31.0. The van der Waals surface area contributed by atoms with Crippen LogP contribution in [0.5, 0.6) is 0 Å². The summed E-state index contributed by atoms with van der Waals surface area (Å²) < 4.78 is 81.0. The van der Waals surface area contributed by atoms with E-state index in [0.29, 0.717) is 5.65 Å². The summed E-state index contributed by atoms with van der Waals surface area (Å²) in [6.45, 7) is 5.37. The lowest BCUT2D eigenvalue weighted by molar-refractivity contribution is -0.270. The van der Waals surface area contributed by atoms with Gasteiger partial charge in [0, 0.05) is 40.9 Å². The van der Waals surface area contributed by atoms with Crippen LogP contribution in [0.1, 0.15) is 40.8 Å². The molecule has 0 radical (unpaired) electrons. The summed E-state index contributed by atoms with van der Waals surface area (Å²) in [4.78, 5) is 68.7. The van der Waals surface area contributed by atoms with Gasteiger partial charge in [-0.15, -0.1) is 0 Å². The first-order valence-electron chi connectivity index (χ1n) is 15.3. The number of anilines is 1. The minimum atomic E-state index is -5.59. The van der Waals surface area contributed by atoms with Crippen LogP contribution in [0, 0.1) is 11.8 Å². The van der Waals surface area contributed by atoms with E-state index in [-0.39, 0.29) is 11.3 Å². The zero-order chi connectivity index (χ0) is 37.8. The summed E-state index contributed by atoms with van der Waals surface area (Å²) >= 11 is 0. The summed E-state index contributed by atoms with van der Waals surface area (Å²) in [7, 11) is -8.31. The smallest absolute Gasteiger partial charge is 0.462 e. The number of ether oxygens (including phenoxy) is 7. The van der Waals surface area contributed by atoms with Gasteiger partial charge in [0.1, 0.15) is 42.9 Å². The van der Waals surface area contributed by atoms with Crippen molar-refractivity contribution in [2.45, 2.75) is 83.8 Å². The number of nitrogens with two attached hydrogens (primary N) is 1. The third-order valence-electron chi connectivity index (χ3n) is 8.20. The van der Waals surface area contributed by atoms with Crippen molar-refractivity contribution in [3.63, 3.8) is 0 Å². The summed E-state index contributed by atoms with van der Waals surface area (Å²) in [6, 6.07) is 0. The lowest BCUT2D eigenvalue weighted by atomic mass is 9.81. The van der Waals surface area contributed by atoms with Crippen LogP contribution in [-0.2, 0) is 70.0 Å². The first-order valence-corrected chi connectivity index (χ1v) is 18.3. The maximum atomic E-state index is 13.2. The predicted molar refractivity (Wildman–Crippen MR) is 168 cm³/mol. The summed E-state index contributed by atoms with van der Waals surface area (Å²) in [6.07, 6.45) is -6.86. The highest BCUT2D eigenvalue weighted by molar-refractivity contribution is 7.61. The molecule has 0 saturated carbocycles. The Kier molecular flexibility index (Phi) is 13.3. The molecule has 12 atom stereocenters. The second-order valence-corrected chi connectivity index (χ2v) is 14.7. The number of imidazole rings is 1. The molecule has 4 N–H and O–H groups in total. The number of fused-ring (bicyclic) bond motifs is 1. The molecule has 286 valence electrons. The Morgan fingerprint density at radius 1 is 0.941 bits per heavy atom. The highest BCUT2D eigenvalue weighted by atomic mass is 31.3. The fourth-order valence-corrected chi connectivity index (χ4v) is 7.96. The monoisotopic (exact) mass is 769 g/mol. The Balaban J connectivity index is 1.49. The van der Waals surface area contributed by atoms with E-state index < -0.39 is 108 Å². The van der Waals surface area contributed by atoms with Gasteiger partial charge in [-0.1, -0.05) is 13.8 Å². The van der Waals surface area contributed by atoms with Gasteiger partial charge in [-0.05, 0) is 5.92 Å². The van der Waals surface area contributed by atoms with Gasteiger partial charge in [0.25, 0.3) is 0 Å². The van der Waals surface area contributed by atoms with Gasteiger partial charge >= 0.3 is 33.6 Å². The summed E-state index contributed by atoms with van der Waals surface area (Å²) in [5, 5.41) is 0. The molecule has 2 aromatic heterocycles. The van der Waals surface area contributed by atoms with E-state index in [2.05, 4.69) is 19.3 Å². The molecule has 2 aromatic rings. The SMILES string of the molecule is COC1[C@@H](COP(=O)(O)OP(=O)(O)O[C@@H]2OC([C@@H](COC(C)=O)OC(C)=O)[C@@H](C)[C@H](C)C2OC(C)=O)O[C@@H](n2cnc3c(N)ncnc32)[C@H]1OC. The third-order valence-corrected chi connectivity index (χ3v) is 10.8. The average molecular weight is 770 g/mol. The number of nitrogen functional groups attached to an aromatic ring is 1. The van der Waals surface area contributed by atoms with Gasteiger partial charge < -0.3 is 48.7 Å². The Bertz CT molecular complexity index is 1660. The van der Waals surface area contributed by atoms with Gasteiger partial charge in [0.2, 0.25) is 6.29 Å². The fraction of sp³-hybridized carbons (Fsp3) is 0.704. The van der Waals surface area contributed by atoms with E-state index in [1.165, 1.54) is 31.4 Å². The number of aromatic nitrogens is 4. The number of methoxy groups -OCH3 is 2. The molecule has 2 saturated heterocycles. The molecule has 4 rings (SSSR count). The number of esters is 3. The molecule has 4 heterocycles. The quantitative estimate of drug-likeness (QED) is 0.129. The largest absolute Gasteiger partial charge is 0.483 e. The van der Waals surface area contributed by atoms with Crippen LogP contribution in [0.15, 0.2) is 12.7 Å². The lowest BCUT2D eigenvalue weighted by Gasteiger charge is -2.45. The molecule has 2 fully saturated rings. The van der Waals surface area contributed by atoms with E-state index in [1.807, 2.05) is 0 Å². The molecule has 0 spiro atoms. The average Bonchev–Trinajstić information content (AvgIpc) is 3.62. The molecule has 51 heavy (non-hydrogen) atoms. The van der Waals surface area contributed by atoms with Crippen molar-refractivity contribution >= 4 is 50.5 Å². The zero-order valence-electron chi connectivity index (χ0n) is 28.6. The Morgan fingerprint density at radius 2 is 1.63 bits per heavy atom. The number of nitrogens with zero attached hydrogens (tertiary/aromatic N) is 4. The molecule has 0 aromatic carbocycles. The molecule has 2 aliphatic rings. The molecule has 24 heteroatoms. The van der Waals surface area contributed by atoms with Crippen LogP contribution in [0.3, 0.4) is 0 Å². The molecular formula is C27H41N5O17P2. The van der Waals surface area contributed by atoms with Crippen molar-refractivity contribution in [1.29, 1.82) is 0 Å². The minimum Gasteiger partial charge on any atom is -0.462 e. The first-order chi connectivity index (χ1) is 23.9. The number of rotatable bonds is 15. The van der Waals surface area contributed by atoms with Crippen LogP contribution in [0.25, 0.3) is 11.2 Å². The maximum absolute atomic E-state index is 13.2. The summed E-state index contributed by atoms with van der Waals surface area (Å²) in [5.74, 6) is -3.44. The number of carbonyl (C=O) groups excluding carboxylic acids is 3. The predicted octanol–water partition coefficient (Wildman–Crippen LogP) is 1.01. The van der Waals surface area contributed by atoms with Crippen LogP contribution in [0.4, 0.5) is 5.82 Å². The minimum absolute atomic E-state index is 0.117. The van der Waals surface area contributed by atoms with Crippen LogP contribution in [-0.4, -0.2) is 118 Å². The van der Waals surface area contributed by atoms with Gasteiger partial charge in [-0.3, -0.25) is 28.0 Å². The van der Waals surface area contributed by atoms with E-state index in [4.69, 9.17) is 47.9 Å². The van der Waals surface area contributed by atoms with Gasteiger partial charge in [-0.2, -0.15) is 4.31 Å². The second-order valence-electron chi connectivity index (χ2n) is 11.7. The van der Waals surface area contributed by atoms with E-state index >= 15 is 0 Å². The standard InChI is InChI=1S/C27H41N5O17P2/c1-12-13(2)21(45-16(5)35)27(47-20(12)17(44-15(4)34)8-42-14(3)33)48-51(38,39)49-50(36,37)43-9-18-22(40-6)23(41-7)26(46-18)32-11-31-19-24(28)29-10-30-25(19)32/h10-13,17-18,20-23,26-27H,8-9H2,1-7H3,(H,36,37)(H,38,39)(H2,28,29,30)/t12-,13-,17+,18+,20?,21?,22?,23-,26+,27-/m0/s1. The maximum Gasteiger partial charge on any atom is 0.483 e. The van der Waals surface area contributed by atoms with Gasteiger partial charge in [-0.25, -0.2) is 24.1 Å². The topological polar surface area (TPSA) is 288 Å². The zero-order valence-corrected chi connectivity index (χ0v) is 30.4. The van der Waals surface area contributed by atoms with Crippen LogP contribution in [0.2, 0.25) is 0 Å². The molecule has 22 nitrogen and oxygen atoms in total. The number of hydrogen-bond donors (Lipinski definition) is 3. The first kappa shape index (κ1) is 40.6. The Morgan fingerprint density at radius 3 is 2.24 bits per heavy atom. The van der Waals surface area contributed by atoms with E-state index in [0.717, 1.165) is 20.8 Å². The van der Waals surface area contributed by atoms with Crippen molar-refractivity contribution < 1.29 is 79.8 Å². The number of phosphoric acid groups is 2. The highest BCUT2D eigenvalue weighted by Gasteiger charge is 2.52. The van der Waals surface area contributed by atoms with Gasteiger partial charge in [0.15, 0.2) is 29.9 Å². The highest BCUT2D eigenvalue weighted by Crippen LogP contribution is 2.62. The number of hydrogen-bond acceptors (Lipinski definition) is 19. The van der Waals surface area contributed by atoms with Crippen molar-refractivity contribution in [2.24, 2.45) is 11.8 Å². The van der Waals surface area contributed by atoms with Crippen LogP contribution < -0.4 is 5.73 Å². The molecule has 0 bridgehead atoms. The molecule has 0 amide bonds.